The summed E-state index contributed by atoms with van der Waals surface area (Å²) in [5, 5.41) is 14.9. The number of pyridine rings is 1. The molecule has 2 aromatic heterocycles. The lowest BCUT2D eigenvalue weighted by Crippen LogP contribution is -2.41. The monoisotopic (exact) mass is 430 g/mol. The van der Waals surface area contributed by atoms with E-state index in [2.05, 4.69) is 20.6 Å². The van der Waals surface area contributed by atoms with Crippen LogP contribution in [-0.4, -0.2) is 38.9 Å². The SMILES string of the molecule is CC(=O)Nc1cc(-c2[nH]c3c(c2Nc2ccccc2)C(=N)CN(C(=O)C(C)C)C3)ccn1. The van der Waals surface area contributed by atoms with Crippen LogP contribution < -0.4 is 10.6 Å². The molecule has 1 aliphatic heterocycles. The predicted octanol–water partition coefficient (Wildman–Crippen LogP) is 4.14. The molecule has 0 atom stereocenters. The molecule has 8 nitrogen and oxygen atoms in total. The predicted molar refractivity (Wildman–Crippen MR) is 125 cm³/mol. The van der Waals surface area contributed by atoms with E-state index in [1.165, 1.54) is 6.92 Å². The van der Waals surface area contributed by atoms with E-state index >= 15 is 0 Å². The molecule has 8 heteroatoms. The number of fused-ring (bicyclic) bond motifs is 1. The van der Waals surface area contributed by atoms with Crippen molar-refractivity contribution in [2.24, 2.45) is 5.92 Å². The largest absolute Gasteiger partial charge is 0.355 e. The van der Waals surface area contributed by atoms with Crippen LogP contribution in [0.15, 0.2) is 48.7 Å². The van der Waals surface area contributed by atoms with E-state index < -0.39 is 0 Å². The maximum atomic E-state index is 12.6. The minimum Gasteiger partial charge on any atom is -0.355 e. The molecule has 0 aliphatic carbocycles. The molecule has 0 bridgehead atoms. The van der Waals surface area contributed by atoms with Crippen molar-refractivity contribution in [2.75, 3.05) is 17.2 Å². The zero-order valence-corrected chi connectivity index (χ0v) is 18.3. The van der Waals surface area contributed by atoms with Gasteiger partial charge in [0.25, 0.3) is 0 Å². The van der Waals surface area contributed by atoms with Crippen LogP contribution in [-0.2, 0) is 16.1 Å². The van der Waals surface area contributed by atoms with Crippen molar-refractivity contribution >= 4 is 34.7 Å². The van der Waals surface area contributed by atoms with Gasteiger partial charge in [0.15, 0.2) is 0 Å². The van der Waals surface area contributed by atoms with Gasteiger partial charge < -0.3 is 25.9 Å². The highest BCUT2D eigenvalue weighted by Gasteiger charge is 2.31. The van der Waals surface area contributed by atoms with Crippen molar-refractivity contribution in [3.8, 4) is 11.3 Å². The molecule has 4 rings (SSSR count). The van der Waals surface area contributed by atoms with Crippen molar-refractivity contribution in [1.29, 1.82) is 5.41 Å². The molecule has 1 aliphatic rings. The third-order valence-corrected chi connectivity index (χ3v) is 5.28. The zero-order chi connectivity index (χ0) is 22.8. The van der Waals surface area contributed by atoms with Gasteiger partial charge in [-0.25, -0.2) is 4.98 Å². The highest BCUT2D eigenvalue weighted by molar-refractivity contribution is 6.11. The van der Waals surface area contributed by atoms with Crippen molar-refractivity contribution in [2.45, 2.75) is 27.3 Å². The molecular formula is C24H26N6O2. The number of anilines is 3. The second-order valence-corrected chi connectivity index (χ2v) is 8.16. The number of nitrogens with one attached hydrogen (secondary N) is 4. The van der Waals surface area contributed by atoms with Crippen LogP contribution >= 0.6 is 0 Å². The first-order valence-corrected chi connectivity index (χ1v) is 10.5. The fourth-order valence-electron chi connectivity index (χ4n) is 3.88. The molecule has 0 radical (unpaired) electrons. The number of para-hydroxylation sites is 1. The molecular weight excluding hydrogens is 404 g/mol. The van der Waals surface area contributed by atoms with Gasteiger partial charge in [-0.05, 0) is 24.3 Å². The van der Waals surface area contributed by atoms with Crippen LogP contribution in [0, 0.1) is 11.3 Å². The number of aromatic amines is 1. The Hall–Kier alpha value is -3.94. The van der Waals surface area contributed by atoms with Gasteiger partial charge in [0, 0.05) is 41.5 Å². The molecule has 2 amide bonds. The van der Waals surface area contributed by atoms with Crippen molar-refractivity contribution < 1.29 is 9.59 Å². The van der Waals surface area contributed by atoms with E-state index in [1.54, 1.807) is 17.2 Å². The highest BCUT2D eigenvalue weighted by atomic mass is 16.2. The average molecular weight is 431 g/mol. The first kappa shape index (κ1) is 21.3. The summed E-state index contributed by atoms with van der Waals surface area (Å²) in [6.45, 7) is 5.83. The lowest BCUT2D eigenvalue weighted by atomic mass is 10.0. The van der Waals surface area contributed by atoms with Crippen LogP contribution in [0.5, 0.6) is 0 Å². The Labute approximate surface area is 186 Å². The van der Waals surface area contributed by atoms with Crippen LogP contribution in [0.1, 0.15) is 32.0 Å². The third kappa shape index (κ3) is 4.25. The Bertz CT molecular complexity index is 1180. The fourth-order valence-corrected chi connectivity index (χ4v) is 3.88. The third-order valence-electron chi connectivity index (χ3n) is 5.28. The van der Waals surface area contributed by atoms with Crippen LogP contribution in [0.4, 0.5) is 17.2 Å². The summed E-state index contributed by atoms with van der Waals surface area (Å²) in [5.74, 6) is 0.125. The van der Waals surface area contributed by atoms with Crippen LogP contribution in [0.2, 0.25) is 0 Å². The Morgan fingerprint density at radius 2 is 1.91 bits per heavy atom. The number of nitrogens with zero attached hydrogens (tertiary/aromatic N) is 2. The van der Waals surface area contributed by atoms with E-state index in [0.29, 0.717) is 18.1 Å². The minimum absolute atomic E-state index is 0.0194. The van der Waals surface area contributed by atoms with E-state index in [1.807, 2.05) is 50.2 Å². The molecule has 3 aromatic rings. The molecule has 0 unspecified atom stereocenters. The number of H-pyrrole nitrogens is 1. The molecule has 1 aromatic carbocycles. The first-order valence-electron chi connectivity index (χ1n) is 10.5. The highest BCUT2D eigenvalue weighted by Crippen LogP contribution is 2.38. The van der Waals surface area contributed by atoms with Gasteiger partial charge in [-0.15, -0.1) is 0 Å². The topological polar surface area (TPSA) is 114 Å². The smallest absolute Gasteiger partial charge is 0.225 e. The molecule has 32 heavy (non-hydrogen) atoms. The minimum atomic E-state index is -0.201. The van der Waals surface area contributed by atoms with Gasteiger partial charge in [-0.1, -0.05) is 32.0 Å². The second kappa shape index (κ2) is 8.66. The Kier molecular flexibility index (Phi) is 5.77. The maximum Gasteiger partial charge on any atom is 0.225 e. The van der Waals surface area contributed by atoms with Crippen molar-refractivity contribution in [3.63, 3.8) is 0 Å². The van der Waals surface area contributed by atoms with Gasteiger partial charge in [0.2, 0.25) is 11.8 Å². The summed E-state index contributed by atoms with van der Waals surface area (Å²) in [6.07, 6.45) is 1.63. The number of aromatic nitrogens is 2. The summed E-state index contributed by atoms with van der Waals surface area (Å²) in [6, 6.07) is 13.4. The van der Waals surface area contributed by atoms with E-state index in [9.17, 15) is 9.59 Å². The summed E-state index contributed by atoms with van der Waals surface area (Å²) in [5.41, 5.74) is 5.20. The molecule has 3 heterocycles. The van der Waals surface area contributed by atoms with E-state index in [4.69, 9.17) is 5.41 Å². The quantitative estimate of drug-likeness (QED) is 0.487. The summed E-state index contributed by atoms with van der Waals surface area (Å²) < 4.78 is 0. The molecule has 0 fully saturated rings. The van der Waals surface area contributed by atoms with Gasteiger partial charge in [-0.3, -0.25) is 9.59 Å². The summed E-state index contributed by atoms with van der Waals surface area (Å²) >= 11 is 0. The van der Waals surface area contributed by atoms with Gasteiger partial charge in [0.05, 0.1) is 30.2 Å². The number of benzene rings is 1. The average Bonchev–Trinajstić information content (AvgIpc) is 3.12. The lowest BCUT2D eigenvalue weighted by Gasteiger charge is -2.29. The van der Waals surface area contributed by atoms with E-state index in [-0.39, 0.29) is 24.3 Å². The summed E-state index contributed by atoms with van der Waals surface area (Å²) in [7, 11) is 0. The fraction of sp³-hybridized carbons (Fsp3) is 0.250. The Morgan fingerprint density at radius 1 is 1.16 bits per heavy atom. The number of hydrogen-bond acceptors (Lipinski definition) is 5. The zero-order valence-electron chi connectivity index (χ0n) is 18.3. The van der Waals surface area contributed by atoms with Gasteiger partial charge >= 0.3 is 0 Å². The standard InChI is InChI=1S/C24H26N6O2/c1-14(2)24(32)30-12-18(25)21-19(13-30)29-22(23(21)28-17-7-5-4-6-8-17)16-9-10-26-20(11-16)27-15(3)31/h4-11,14,25,28-29H,12-13H2,1-3H3,(H,26,27,31). The molecule has 0 saturated heterocycles. The molecule has 0 spiro atoms. The van der Waals surface area contributed by atoms with Crippen molar-refractivity contribution in [3.05, 3.63) is 59.9 Å². The maximum absolute atomic E-state index is 12.6. The van der Waals surface area contributed by atoms with Crippen LogP contribution in [0.3, 0.4) is 0 Å². The first-order chi connectivity index (χ1) is 15.3. The molecule has 164 valence electrons. The lowest BCUT2D eigenvalue weighted by molar-refractivity contribution is -0.134. The normalized spacial score (nSPS) is 13.1. The number of carbonyl (C=O) groups is 2. The number of carbonyl (C=O) groups excluding carboxylic acids is 2. The number of rotatable bonds is 5. The summed E-state index contributed by atoms with van der Waals surface area (Å²) in [4.78, 5) is 33.4. The number of hydrogen-bond donors (Lipinski definition) is 4. The molecule has 4 N–H and O–H groups in total. The number of amides is 2. The van der Waals surface area contributed by atoms with Crippen LogP contribution in [0.25, 0.3) is 11.3 Å². The second-order valence-electron chi connectivity index (χ2n) is 8.16. The molecule has 0 saturated carbocycles. The Morgan fingerprint density at radius 3 is 2.59 bits per heavy atom. The van der Waals surface area contributed by atoms with Crippen molar-refractivity contribution in [1.82, 2.24) is 14.9 Å². The van der Waals surface area contributed by atoms with Gasteiger partial charge in [0.1, 0.15) is 5.82 Å². The van der Waals surface area contributed by atoms with E-state index in [0.717, 1.165) is 33.9 Å². The Balaban J connectivity index is 1.81. The van der Waals surface area contributed by atoms with Gasteiger partial charge in [-0.2, -0.15) is 0 Å².